The Morgan fingerprint density at radius 1 is 1.11 bits per heavy atom. The fraction of sp³-hybridized carbons (Fsp3) is 0.600. The van der Waals surface area contributed by atoms with Gasteiger partial charge in [-0.1, -0.05) is 0 Å². The number of nitrogens with zero attached hydrogens (tertiary/aromatic N) is 3. The van der Waals surface area contributed by atoms with Crippen molar-refractivity contribution in [2.45, 2.75) is 37.4 Å². The molecule has 1 aromatic carbocycles. The maximum absolute atomic E-state index is 11.0. The molecule has 2 saturated heterocycles. The third-order valence-corrected chi connectivity index (χ3v) is 5.87. The Hall–Kier alpha value is -2.32. The highest BCUT2D eigenvalue weighted by molar-refractivity contribution is 5.97. The molecule has 2 aromatic rings. The van der Waals surface area contributed by atoms with E-state index in [0.717, 1.165) is 30.7 Å². The van der Waals surface area contributed by atoms with E-state index in [1.807, 2.05) is 6.07 Å². The van der Waals surface area contributed by atoms with E-state index in [0.29, 0.717) is 48.7 Å². The quantitative estimate of drug-likeness (QED) is 0.833. The zero-order chi connectivity index (χ0) is 19.7. The van der Waals surface area contributed by atoms with Gasteiger partial charge in [0.05, 0.1) is 38.4 Å². The molecule has 1 aromatic heterocycles. The van der Waals surface area contributed by atoms with Crippen molar-refractivity contribution in [3.8, 4) is 17.2 Å². The molecule has 0 radical (unpaired) electrons. The van der Waals surface area contributed by atoms with Crippen molar-refractivity contribution in [1.82, 2.24) is 9.97 Å². The van der Waals surface area contributed by atoms with Gasteiger partial charge in [-0.15, -0.1) is 0 Å². The number of piperidine rings is 1. The second kappa shape index (κ2) is 7.60. The third kappa shape index (κ3) is 3.10. The Morgan fingerprint density at radius 3 is 2.46 bits per heavy atom. The molecule has 0 saturated carbocycles. The van der Waals surface area contributed by atoms with E-state index in [1.165, 1.54) is 6.33 Å². The molecule has 0 bridgehead atoms. The predicted molar refractivity (Wildman–Crippen MR) is 105 cm³/mol. The van der Waals surface area contributed by atoms with Crippen molar-refractivity contribution < 1.29 is 24.1 Å². The first-order valence-corrected chi connectivity index (χ1v) is 9.64. The van der Waals surface area contributed by atoms with Crippen LogP contribution in [0.5, 0.6) is 17.2 Å². The minimum absolute atomic E-state index is 0.0544. The molecule has 1 unspecified atom stereocenters. The van der Waals surface area contributed by atoms with Crippen LogP contribution in [0.4, 0.5) is 5.82 Å². The number of aromatic nitrogens is 2. The highest BCUT2D eigenvalue weighted by Gasteiger charge is 2.42. The first-order chi connectivity index (χ1) is 13.6. The lowest BCUT2D eigenvalue weighted by atomic mass is 9.84. The number of rotatable bonds is 5. The van der Waals surface area contributed by atoms with Crippen molar-refractivity contribution in [1.29, 1.82) is 0 Å². The summed E-state index contributed by atoms with van der Waals surface area (Å²) in [6.07, 6.45) is 4.73. The second-order valence-electron chi connectivity index (χ2n) is 7.33. The van der Waals surface area contributed by atoms with Crippen molar-refractivity contribution in [3.05, 3.63) is 12.4 Å². The normalized spacial score (nSPS) is 21.7. The number of aliphatic hydroxyl groups is 1. The summed E-state index contributed by atoms with van der Waals surface area (Å²) >= 11 is 0. The SMILES string of the molecule is COc1cc2c(N3CCC(O)(C4CCCO4)CC3)ncnc2c(OC)c1OC. The number of hydrogen-bond acceptors (Lipinski definition) is 8. The van der Waals surface area contributed by atoms with Crippen LogP contribution in [0.1, 0.15) is 25.7 Å². The summed E-state index contributed by atoms with van der Waals surface area (Å²) in [6, 6.07) is 1.88. The van der Waals surface area contributed by atoms with Gasteiger partial charge < -0.3 is 29.0 Å². The van der Waals surface area contributed by atoms with Gasteiger partial charge in [0, 0.05) is 19.7 Å². The maximum Gasteiger partial charge on any atom is 0.205 e. The number of methoxy groups -OCH3 is 3. The van der Waals surface area contributed by atoms with Crippen LogP contribution in [0, 0.1) is 0 Å². The molecule has 1 atom stereocenters. The van der Waals surface area contributed by atoms with E-state index < -0.39 is 5.60 Å². The smallest absolute Gasteiger partial charge is 0.205 e. The highest BCUT2D eigenvalue weighted by atomic mass is 16.5. The minimum atomic E-state index is -0.756. The topological polar surface area (TPSA) is 86.2 Å². The zero-order valence-corrected chi connectivity index (χ0v) is 16.6. The van der Waals surface area contributed by atoms with Crippen LogP contribution in [-0.2, 0) is 4.74 Å². The van der Waals surface area contributed by atoms with E-state index in [9.17, 15) is 5.11 Å². The predicted octanol–water partition coefficient (Wildman–Crippen LogP) is 2.17. The van der Waals surface area contributed by atoms with Crippen LogP contribution in [0.25, 0.3) is 10.9 Å². The summed E-state index contributed by atoms with van der Waals surface area (Å²) in [5.41, 5.74) is -0.0841. The van der Waals surface area contributed by atoms with Crippen LogP contribution in [0.2, 0.25) is 0 Å². The van der Waals surface area contributed by atoms with Crippen molar-refractivity contribution >= 4 is 16.7 Å². The lowest BCUT2D eigenvalue weighted by Gasteiger charge is -2.41. The van der Waals surface area contributed by atoms with Gasteiger partial charge in [0.15, 0.2) is 11.5 Å². The lowest BCUT2D eigenvalue weighted by molar-refractivity contribution is -0.0975. The lowest BCUT2D eigenvalue weighted by Crippen LogP contribution is -2.51. The molecule has 2 aliphatic rings. The van der Waals surface area contributed by atoms with E-state index in [4.69, 9.17) is 18.9 Å². The van der Waals surface area contributed by atoms with Gasteiger partial charge in [0.2, 0.25) is 5.75 Å². The van der Waals surface area contributed by atoms with Gasteiger partial charge >= 0.3 is 0 Å². The van der Waals surface area contributed by atoms with Crippen LogP contribution in [0.3, 0.4) is 0 Å². The summed E-state index contributed by atoms with van der Waals surface area (Å²) in [6.45, 7) is 2.13. The average Bonchev–Trinajstić information content (AvgIpc) is 3.28. The van der Waals surface area contributed by atoms with Crippen LogP contribution < -0.4 is 19.1 Å². The molecule has 2 fully saturated rings. The van der Waals surface area contributed by atoms with Gasteiger partial charge in [-0.2, -0.15) is 0 Å². The van der Waals surface area contributed by atoms with Crippen molar-refractivity contribution in [2.75, 3.05) is 45.9 Å². The highest BCUT2D eigenvalue weighted by Crippen LogP contribution is 2.45. The number of hydrogen-bond donors (Lipinski definition) is 1. The molecule has 0 aliphatic carbocycles. The number of fused-ring (bicyclic) bond motifs is 1. The summed E-state index contributed by atoms with van der Waals surface area (Å²) < 4.78 is 22.3. The Morgan fingerprint density at radius 2 is 1.86 bits per heavy atom. The summed E-state index contributed by atoms with van der Waals surface area (Å²) in [5, 5.41) is 11.9. The molecular weight excluding hydrogens is 362 g/mol. The monoisotopic (exact) mass is 389 g/mol. The largest absolute Gasteiger partial charge is 0.493 e. The molecule has 0 spiro atoms. The Balaban J connectivity index is 1.68. The van der Waals surface area contributed by atoms with Gasteiger partial charge in [-0.3, -0.25) is 0 Å². The third-order valence-electron chi connectivity index (χ3n) is 5.87. The van der Waals surface area contributed by atoms with Crippen molar-refractivity contribution in [3.63, 3.8) is 0 Å². The molecule has 8 nitrogen and oxygen atoms in total. The molecule has 3 heterocycles. The molecular formula is C20H27N3O5. The molecule has 152 valence electrons. The van der Waals surface area contributed by atoms with E-state index in [-0.39, 0.29) is 6.10 Å². The molecule has 4 rings (SSSR count). The molecule has 1 N–H and O–H groups in total. The Labute approximate surface area is 164 Å². The van der Waals surface area contributed by atoms with Gasteiger partial charge in [0.25, 0.3) is 0 Å². The standard InChI is InChI=1S/C20H27N3O5/c1-25-14-11-13-16(18(27-3)17(14)26-2)21-12-22-19(13)23-8-6-20(24,7-9-23)15-5-4-10-28-15/h11-12,15,24H,4-10H2,1-3H3. The first-order valence-electron chi connectivity index (χ1n) is 9.64. The fourth-order valence-corrected chi connectivity index (χ4v) is 4.33. The first kappa shape index (κ1) is 19.0. The summed E-state index contributed by atoms with van der Waals surface area (Å²) in [4.78, 5) is 11.1. The maximum atomic E-state index is 11.0. The molecule has 28 heavy (non-hydrogen) atoms. The van der Waals surface area contributed by atoms with Crippen LogP contribution >= 0.6 is 0 Å². The number of benzene rings is 1. The zero-order valence-electron chi connectivity index (χ0n) is 16.6. The van der Waals surface area contributed by atoms with E-state index in [1.54, 1.807) is 21.3 Å². The Bertz CT molecular complexity index is 845. The van der Waals surface area contributed by atoms with Gasteiger partial charge in [-0.25, -0.2) is 9.97 Å². The molecule has 2 aliphatic heterocycles. The van der Waals surface area contributed by atoms with E-state index >= 15 is 0 Å². The van der Waals surface area contributed by atoms with E-state index in [2.05, 4.69) is 14.9 Å². The van der Waals surface area contributed by atoms with Crippen LogP contribution in [0.15, 0.2) is 12.4 Å². The number of ether oxygens (including phenoxy) is 4. The van der Waals surface area contributed by atoms with Crippen molar-refractivity contribution in [2.24, 2.45) is 0 Å². The molecule has 8 heteroatoms. The average molecular weight is 389 g/mol. The van der Waals surface area contributed by atoms with Gasteiger partial charge in [0.1, 0.15) is 17.7 Å². The second-order valence-corrected chi connectivity index (χ2v) is 7.33. The fourth-order valence-electron chi connectivity index (χ4n) is 4.33. The minimum Gasteiger partial charge on any atom is -0.493 e. The summed E-state index contributed by atoms with van der Waals surface area (Å²) in [5.74, 6) is 2.40. The number of anilines is 1. The molecule has 0 amide bonds. The summed E-state index contributed by atoms with van der Waals surface area (Å²) in [7, 11) is 4.75. The van der Waals surface area contributed by atoms with Crippen LogP contribution in [-0.4, -0.2) is 67.8 Å². The Kier molecular flexibility index (Phi) is 5.16. The van der Waals surface area contributed by atoms with Gasteiger partial charge in [-0.05, 0) is 31.7 Å².